The maximum atomic E-state index is 5.94. The van der Waals surface area contributed by atoms with Crippen molar-refractivity contribution in [3.05, 3.63) is 63.0 Å². The van der Waals surface area contributed by atoms with Gasteiger partial charge in [-0.05, 0) is 77.4 Å². The van der Waals surface area contributed by atoms with Crippen LogP contribution in [-0.2, 0) is 0 Å². The number of likely N-dealkylation sites (N-methyl/N-ethyl adjacent to an activating group) is 1. The predicted molar refractivity (Wildman–Crippen MR) is 110 cm³/mol. The molecule has 0 atom stereocenters. The molecular weight excluding hydrogens is 430 g/mol. The Hall–Kier alpha value is -1.10. The number of hydrogen-bond acceptors (Lipinski definition) is 2. The van der Waals surface area contributed by atoms with Crippen LogP contribution in [0.25, 0.3) is 5.57 Å². The lowest BCUT2D eigenvalue weighted by Crippen LogP contribution is -2.22. The summed E-state index contributed by atoms with van der Waals surface area (Å²) in [6.45, 7) is 9.69. The minimum Gasteiger partial charge on any atom is -0.456 e. The van der Waals surface area contributed by atoms with Crippen molar-refractivity contribution in [2.75, 3.05) is 19.6 Å². The summed E-state index contributed by atoms with van der Waals surface area (Å²) in [6, 6.07) is 14.1. The molecule has 0 saturated heterocycles. The van der Waals surface area contributed by atoms with E-state index in [1.807, 2.05) is 30.3 Å². The van der Waals surface area contributed by atoms with Crippen LogP contribution in [0, 0.1) is 0 Å². The monoisotopic (exact) mass is 451 g/mol. The van der Waals surface area contributed by atoms with Gasteiger partial charge in [0, 0.05) is 11.0 Å². The van der Waals surface area contributed by atoms with Crippen molar-refractivity contribution in [1.29, 1.82) is 0 Å². The van der Waals surface area contributed by atoms with Crippen LogP contribution < -0.4 is 4.74 Å². The van der Waals surface area contributed by atoms with Gasteiger partial charge in [0.1, 0.15) is 11.5 Å². The molecule has 2 aromatic rings. The third kappa shape index (κ3) is 5.47. The molecule has 128 valence electrons. The van der Waals surface area contributed by atoms with Gasteiger partial charge in [-0.2, -0.15) is 0 Å². The number of nitrogens with zero attached hydrogens (tertiary/aromatic N) is 1. The van der Waals surface area contributed by atoms with Crippen molar-refractivity contribution in [3.63, 3.8) is 0 Å². The SMILES string of the molecule is CCN(CC)C/C=C(/C)c1ccc(Oc2ccc(Br)cc2Br)cc1. The first kappa shape index (κ1) is 19.2. The zero-order valence-electron chi connectivity index (χ0n) is 14.4. The van der Waals surface area contributed by atoms with Gasteiger partial charge in [-0.3, -0.25) is 0 Å². The van der Waals surface area contributed by atoms with E-state index in [-0.39, 0.29) is 0 Å². The van der Waals surface area contributed by atoms with E-state index in [0.717, 1.165) is 40.1 Å². The van der Waals surface area contributed by atoms with Crippen molar-refractivity contribution >= 4 is 37.4 Å². The van der Waals surface area contributed by atoms with Gasteiger partial charge in [-0.15, -0.1) is 0 Å². The maximum absolute atomic E-state index is 5.94. The van der Waals surface area contributed by atoms with Crippen LogP contribution in [0.4, 0.5) is 0 Å². The molecule has 0 spiro atoms. The summed E-state index contributed by atoms with van der Waals surface area (Å²) in [5.74, 6) is 1.64. The summed E-state index contributed by atoms with van der Waals surface area (Å²) in [6.07, 6.45) is 2.29. The highest BCUT2D eigenvalue weighted by Gasteiger charge is 2.04. The summed E-state index contributed by atoms with van der Waals surface area (Å²) in [5.41, 5.74) is 2.52. The Morgan fingerprint density at radius 1 is 1.04 bits per heavy atom. The Bertz CT molecular complexity index is 691. The van der Waals surface area contributed by atoms with Gasteiger partial charge in [0.2, 0.25) is 0 Å². The second kappa shape index (κ2) is 9.40. The van der Waals surface area contributed by atoms with Gasteiger partial charge < -0.3 is 9.64 Å². The van der Waals surface area contributed by atoms with Crippen LogP contribution in [0.5, 0.6) is 11.5 Å². The second-order valence-corrected chi connectivity index (χ2v) is 7.34. The fraction of sp³-hybridized carbons (Fsp3) is 0.300. The predicted octanol–water partition coefficient (Wildman–Crippen LogP) is 6.75. The van der Waals surface area contributed by atoms with Crippen LogP contribution in [0.2, 0.25) is 0 Å². The van der Waals surface area contributed by atoms with Crippen molar-refractivity contribution in [1.82, 2.24) is 4.90 Å². The van der Waals surface area contributed by atoms with E-state index in [4.69, 9.17) is 4.74 Å². The third-order valence-electron chi connectivity index (χ3n) is 3.98. The second-order valence-electron chi connectivity index (χ2n) is 5.57. The molecular formula is C20H23Br2NO. The van der Waals surface area contributed by atoms with E-state index >= 15 is 0 Å². The molecule has 0 unspecified atom stereocenters. The highest BCUT2D eigenvalue weighted by Crippen LogP contribution is 2.32. The fourth-order valence-electron chi connectivity index (χ4n) is 2.34. The van der Waals surface area contributed by atoms with Crippen LogP contribution in [0.3, 0.4) is 0 Å². The molecule has 0 N–H and O–H groups in total. The van der Waals surface area contributed by atoms with E-state index in [1.165, 1.54) is 11.1 Å². The molecule has 0 bridgehead atoms. The van der Waals surface area contributed by atoms with Gasteiger partial charge in [-0.1, -0.05) is 48.0 Å². The number of benzene rings is 2. The van der Waals surface area contributed by atoms with Crippen molar-refractivity contribution in [3.8, 4) is 11.5 Å². The van der Waals surface area contributed by atoms with Crippen LogP contribution in [0.1, 0.15) is 26.3 Å². The molecule has 0 fully saturated rings. The molecule has 0 heterocycles. The van der Waals surface area contributed by atoms with Crippen molar-refractivity contribution in [2.45, 2.75) is 20.8 Å². The number of ether oxygens (including phenoxy) is 1. The lowest BCUT2D eigenvalue weighted by molar-refractivity contribution is 0.337. The molecule has 0 saturated carbocycles. The third-order valence-corrected chi connectivity index (χ3v) is 5.09. The van der Waals surface area contributed by atoms with Crippen molar-refractivity contribution in [2.24, 2.45) is 0 Å². The number of allylic oxidation sites excluding steroid dienone is 1. The first-order chi connectivity index (χ1) is 11.5. The van der Waals surface area contributed by atoms with Crippen LogP contribution in [-0.4, -0.2) is 24.5 Å². The first-order valence-electron chi connectivity index (χ1n) is 8.16. The lowest BCUT2D eigenvalue weighted by Gasteiger charge is -2.16. The van der Waals surface area contributed by atoms with E-state index in [0.29, 0.717) is 0 Å². The van der Waals surface area contributed by atoms with Gasteiger partial charge >= 0.3 is 0 Å². The highest BCUT2D eigenvalue weighted by atomic mass is 79.9. The van der Waals surface area contributed by atoms with E-state index in [9.17, 15) is 0 Å². The summed E-state index contributed by atoms with van der Waals surface area (Å²) in [5, 5.41) is 0. The van der Waals surface area contributed by atoms with Gasteiger partial charge in [0.25, 0.3) is 0 Å². The van der Waals surface area contributed by atoms with E-state index < -0.39 is 0 Å². The Labute approximate surface area is 161 Å². The maximum Gasteiger partial charge on any atom is 0.141 e. The summed E-state index contributed by atoms with van der Waals surface area (Å²) in [4.78, 5) is 2.39. The minimum absolute atomic E-state index is 0.805. The van der Waals surface area contributed by atoms with Gasteiger partial charge in [-0.25, -0.2) is 0 Å². The zero-order chi connectivity index (χ0) is 17.5. The Kier molecular flexibility index (Phi) is 7.53. The summed E-state index contributed by atoms with van der Waals surface area (Å²) >= 11 is 6.97. The molecule has 4 heteroatoms. The first-order valence-corrected chi connectivity index (χ1v) is 9.74. The standard InChI is InChI=1S/C20H23Br2NO/c1-4-23(5-2)13-12-15(3)16-6-9-18(10-7-16)24-20-11-8-17(21)14-19(20)22/h6-12,14H,4-5,13H2,1-3H3/b15-12-. The molecule has 0 aromatic heterocycles. The smallest absolute Gasteiger partial charge is 0.141 e. The molecule has 0 aliphatic carbocycles. The average molecular weight is 453 g/mol. The minimum atomic E-state index is 0.805. The summed E-state index contributed by atoms with van der Waals surface area (Å²) in [7, 11) is 0. The Morgan fingerprint density at radius 2 is 1.71 bits per heavy atom. The molecule has 0 aliphatic rings. The topological polar surface area (TPSA) is 12.5 Å². The quantitative estimate of drug-likeness (QED) is 0.460. The fourth-order valence-corrected chi connectivity index (χ4v) is 3.46. The lowest BCUT2D eigenvalue weighted by atomic mass is 10.1. The van der Waals surface area contributed by atoms with Crippen LogP contribution >= 0.6 is 31.9 Å². The number of rotatable bonds is 7. The van der Waals surface area contributed by atoms with Crippen LogP contribution in [0.15, 0.2) is 57.5 Å². The Balaban J connectivity index is 2.05. The molecule has 0 aliphatic heterocycles. The number of halogens is 2. The average Bonchev–Trinajstić information content (AvgIpc) is 2.59. The number of hydrogen-bond donors (Lipinski definition) is 0. The van der Waals surface area contributed by atoms with Gasteiger partial charge in [0.15, 0.2) is 0 Å². The zero-order valence-corrected chi connectivity index (χ0v) is 17.5. The molecule has 24 heavy (non-hydrogen) atoms. The summed E-state index contributed by atoms with van der Waals surface area (Å²) < 4.78 is 7.88. The van der Waals surface area contributed by atoms with E-state index in [2.05, 4.69) is 75.7 Å². The molecule has 2 rings (SSSR count). The molecule has 0 radical (unpaired) electrons. The largest absolute Gasteiger partial charge is 0.456 e. The molecule has 0 amide bonds. The highest BCUT2D eigenvalue weighted by molar-refractivity contribution is 9.11. The van der Waals surface area contributed by atoms with Crippen molar-refractivity contribution < 1.29 is 4.74 Å². The Morgan fingerprint density at radius 3 is 2.29 bits per heavy atom. The normalized spacial score (nSPS) is 11.8. The van der Waals surface area contributed by atoms with Gasteiger partial charge in [0.05, 0.1) is 4.47 Å². The molecule has 2 aromatic carbocycles. The molecule has 2 nitrogen and oxygen atoms in total. The van der Waals surface area contributed by atoms with E-state index in [1.54, 1.807) is 0 Å².